The highest BCUT2D eigenvalue weighted by atomic mass is 127. The molecule has 0 radical (unpaired) electrons. The van der Waals surface area contributed by atoms with Crippen molar-refractivity contribution in [3.8, 4) is 0 Å². The van der Waals surface area contributed by atoms with Crippen molar-refractivity contribution in [2.75, 3.05) is 6.26 Å². The molecule has 1 aromatic rings. The van der Waals surface area contributed by atoms with E-state index in [2.05, 4.69) is 35.2 Å². The van der Waals surface area contributed by atoms with Crippen molar-refractivity contribution in [3.63, 3.8) is 0 Å². The second-order valence-corrected chi connectivity index (χ2v) is 4.57. The summed E-state index contributed by atoms with van der Waals surface area (Å²) in [4.78, 5) is 0.689. The Bertz CT molecular complexity index is 285. The Balaban J connectivity index is 0. The fraction of sp³-hybridized carbons (Fsp3) is 0.400. The second kappa shape index (κ2) is 10.9. The molecule has 0 saturated carbocycles. The summed E-state index contributed by atoms with van der Waals surface area (Å²) in [5.74, 6) is 0. The zero-order chi connectivity index (χ0) is 12.4. The lowest BCUT2D eigenvalue weighted by Crippen LogP contribution is -2.02. The Morgan fingerprint density at radius 3 is 2.07 bits per heavy atom. The minimum absolute atomic E-state index is 0.689. The fourth-order valence-electron chi connectivity index (χ4n) is 0.819. The molecule has 1 atom stereocenters. The van der Waals surface area contributed by atoms with Crippen LogP contribution in [0.15, 0.2) is 23.1 Å². The zero-order valence-corrected chi connectivity index (χ0v) is 13.3. The van der Waals surface area contributed by atoms with Crippen molar-refractivity contribution in [3.05, 3.63) is 27.3 Å². The Morgan fingerprint density at radius 1 is 1.27 bits per heavy atom. The summed E-state index contributed by atoms with van der Waals surface area (Å²) < 4.78 is 11.9. The highest BCUT2D eigenvalue weighted by Gasteiger charge is 1.99. The van der Waals surface area contributed by atoms with E-state index < -0.39 is 11.0 Å². The van der Waals surface area contributed by atoms with Crippen LogP contribution in [0.2, 0.25) is 0 Å². The first kappa shape index (κ1) is 17.8. The van der Waals surface area contributed by atoms with Crippen molar-refractivity contribution in [1.82, 2.24) is 0 Å². The Kier molecular flexibility index (Phi) is 12.9. The largest absolute Gasteiger partial charge is 0.248 e. The molecule has 0 aromatic heterocycles. The lowest BCUT2D eigenvalue weighted by molar-refractivity contribution is 0.684. The standard InChI is InChI=1S/C7H8INOS.C2H6.CH4S/c1-5-2-6(8)4-7(3-5)11(9)10;2*1-2/h2-4H,9H2,1H3;1-2H3;2H,1H3. The van der Waals surface area contributed by atoms with Crippen molar-refractivity contribution in [1.29, 1.82) is 0 Å². The SMILES string of the molecule is CC.CS.Cc1cc(I)cc(S(N)=O)c1. The number of nitrogens with two attached hydrogens (primary N) is 1. The third-order valence-corrected chi connectivity index (χ3v) is 2.57. The van der Waals surface area contributed by atoms with E-state index in [1.165, 1.54) is 0 Å². The molecule has 0 spiro atoms. The molecular weight excluding hydrogens is 341 g/mol. The summed E-state index contributed by atoms with van der Waals surface area (Å²) in [5, 5.41) is 5.22. The van der Waals surface area contributed by atoms with Crippen LogP contribution in [0.1, 0.15) is 19.4 Å². The highest BCUT2D eigenvalue weighted by Crippen LogP contribution is 2.12. The van der Waals surface area contributed by atoms with Gasteiger partial charge in [0.2, 0.25) is 0 Å². The van der Waals surface area contributed by atoms with Crippen LogP contribution < -0.4 is 5.14 Å². The van der Waals surface area contributed by atoms with E-state index >= 15 is 0 Å². The molecule has 15 heavy (non-hydrogen) atoms. The Hall–Kier alpha value is 0.410. The molecule has 88 valence electrons. The van der Waals surface area contributed by atoms with Gasteiger partial charge in [0.05, 0.1) is 4.90 Å². The maximum absolute atomic E-state index is 10.8. The fourth-order valence-corrected chi connectivity index (χ4v) is 2.40. The predicted octanol–water partition coefficient (Wildman–Crippen LogP) is 3.15. The molecule has 0 fully saturated rings. The van der Waals surface area contributed by atoms with E-state index in [9.17, 15) is 4.21 Å². The van der Waals surface area contributed by atoms with Crippen LogP contribution in [-0.2, 0) is 11.0 Å². The topological polar surface area (TPSA) is 43.1 Å². The molecule has 0 aliphatic heterocycles. The van der Waals surface area contributed by atoms with Gasteiger partial charge in [0.25, 0.3) is 0 Å². The molecule has 0 aliphatic carbocycles. The molecule has 5 heteroatoms. The summed E-state index contributed by atoms with van der Waals surface area (Å²) in [5.41, 5.74) is 1.09. The van der Waals surface area contributed by atoms with Crippen LogP contribution in [0.25, 0.3) is 0 Å². The summed E-state index contributed by atoms with van der Waals surface area (Å²) >= 11 is 5.70. The lowest BCUT2D eigenvalue weighted by Gasteiger charge is -1.98. The molecule has 1 rings (SSSR count). The molecule has 0 heterocycles. The van der Waals surface area contributed by atoms with Gasteiger partial charge in [-0.05, 0) is 59.5 Å². The van der Waals surface area contributed by atoms with Gasteiger partial charge < -0.3 is 0 Å². The number of hydrogen-bond acceptors (Lipinski definition) is 2. The summed E-state index contributed by atoms with van der Waals surface area (Å²) in [6.45, 7) is 5.96. The van der Waals surface area contributed by atoms with Crippen LogP contribution in [0.3, 0.4) is 0 Å². The van der Waals surface area contributed by atoms with Gasteiger partial charge in [0.1, 0.15) is 11.0 Å². The molecule has 2 nitrogen and oxygen atoms in total. The number of rotatable bonds is 1. The maximum Gasteiger partial charge on any atom is 0.122 e. The number of benzene rings is 1. The molecule has 1 unspecified atom stereocenters. The van der Waals surface area contributed by atoms with Crippen LogP contribution in [0.4, 0.5) is 0 Å². The van der Waals surface area contributed by atoms with Crippen LogP contribution >= 0.6 is 35.2 Å². The summed E-state index contributed by atoms with van der Waals surface area (Å²) in [6.07, 6.45) is 1.69. The van der Waals surface area contributed by atoms with Crippen LogP contribution in [-0.4, -0.2) is 10.5 Å². The molecule has 0 amide bonds. The third-order valence-electron chi connectivity index (χ3n) is 1.25. The maximum atomic E-state index is 10.8. The van der Waals surface area contributed by atoms with Crippen LogP contribution in [0.5, 0.6) is 0 Å². The lowest BCUT2D eigenvalue weighted by atomic mass is 10.2. The normalized spacial score (nSPS) is 10.3. The van der Waals surface area contributed by atoms with Gasteiger partial charge in [-0.1, -0.05) is 13.8 Å². The van der Waals surface area contributed by atoms with Gasteiger partial charge in [0.15, 0.2) is 0 Å². The van der Waals surface area contributed by atoms with Crippen molar-refractivity contribution in [2.24, 2.45) is 5.14 Å². The van der Waals surface area contributed by atoms with Gasteiger partial charge in [-0.25, -0.2) is 9.35 Å². The Labute approximate surface area is 114 Å². The molecule has 0 saturated heterocycles. The van der Waals surface area contributed by atoms with E-state index in [-0.39, 0.29) is 0 Å². The molecule has 1 aromatic carbocycles. The van der Waals surface area contributed by atoms with Crippen LogP contribution in [0, 0.1) is 10.5 Å². The molecule has 0 aliphatic rings. The zero-order valence-electron chi connectivity index (χ0n) is 9.45. The van der Waals surface area contributed by atoms with Crippen molar-refractivity contribution < 1.29 is 4.21 Å². The number of halogens is 1. The number of thiol groups is 1. The quantitative estimate of drug-likeness (QED) is 0.587. The minimum Gasteiger partial charge on any atom is -0.248 e. The number of aryl methyl sites for hydroxylation is 1. The first-order valence-electron chi connectivity index (χ1n) is 4.47. The number of hydrogen-bond donors (Lipinski definition) is 2. The van der Waals surface area contributed by atoms with Gasteiger partial charge in [0, 0.05) is 3.57 Å². The molecule has 0 bridgehead atoms. The van der Waals surface area contributed by atoms with Gasteiger partial charge >= 0.3 is 0 Å². The third kappa shape index (κ3) is 8.24. The van der Waals surface area contributed by atoms with Crippen molar-refractivity contribution >= 4 is 46.2 Å². The first-order valence-corrected chi connectivity index (χ1v) is 7.66. The average Bonchev–Trinajstić information content (AvgIpc) is 2.22. The molecular formula is C10H18INOS2. The van der Waals surface area contributed by atoms with Gasteiger partial charge in [-0.3, -0.25) is 0 Å². The monoisotopic (exact) mass is 359 g/mol. The highest BCUT2D eigenvalue weighted by molar-refractivity contribution is 14.1. The average molecular weight is 359 g/mol. The van der Waals surface area contributed by atoms with E-state index in [4.69, 9.17) is 5.14 Å². The van der Waals surface area contributed by atoms with Crippen molar-refractivity contribution in [2.45, 2.75) is 25.7 Å². The predicted molar refractivity (Wildman–Crippen MR) is 80.7 cm³/mol. The Morgan fingerprint density at radius 2 is 1.73 bits per heavy atom. The smallest absolute Gasteiger partial charge is 0.122 e. The summed E-state index contributed by atoms with van der Waals surface area (Å²) in [6, 6.07) is 5.67. The summed E-state index contributed by atoms with van der Waals surface area (Å²) in [7, 11) is -1.35. The van der Waals surface area contributed by atoms with Gasteiger partial charge in [-0.15, -0.1) is 0 Å². The van der Waals surface area contributed by atoms with E-state index in [1.807, 2.05) is 39.0 Å². The molecule has 2 N–H and O–H groups in total. The van der Waals surface area contributed by atoms with Gasteiger partial charge in [-0.2, -0.15) is 12.6 Å². The second-order valence-electron chi connectivity index (χ2n) is 2.26. The first-order chi connectivity index (χ1) is 7.09. The minimum atomic E-state index is -1.35. The van der Waals surface area contributed by atoms with E-state index in [0.29, 0.717) is 4.90 Å². The van der Waals surface area contributed by atoms with E-state index in [0.717, 1.165) is 9.13 Å². The van der Waals surface area contributed by atoms with E-state index in [1.54, 1.807) is 6.26 Å².